The normalized spacial score (nSPS) is 11.0. The number of rotatable bonds is 5. The van der Waals surface area contributed by atoms with E-state index in [0.29, 0.717) is 22.9 Å². The lowest BCUT2D eigenvalue weighted by atomic mass is 10.2. The second-order valence-electron chi connectivity index (χ2n) is 5.58. The second kappa shape index (κ2) is 7.13. The monoisotopic (exact) mass is 337 g/mol. The number of ether oxygens (including phenoxy) is 2. The van der Waals surface area contributed by atoms with Crippen LogP contribution in [0, 0.1) is 6.92 Å². The molecule has 0 fully saturated rings. The molecule has 0 aliphatic heterocycles. The van der Waals surface area contributed by atoms with E-state index >= 15 is 0 Å². The third-order valence-corrected chi connectivity index (χ3v) is 3.75. The highest BCUT2D eigenvalue weighted by Crippen LogP contribution is 2.29. The standard InChI is InChI=1S/C20H19NO4/c1-13-4-7-18-14(10-13)11-16(25-18)6-9-20(22)21-17-12-15(23-2)5-8-19(17)24-3/h4-12H,1-3H3,(H,21,22). The topological polar surface area (TPSA) is 60.7 Å². The molecule has 0 atom stereocenters. The molecule has 2 aromatic carbocycles. The molecular formula is C20H19NO4. The fourth-order valence-electron chi connectivity index (χ4n) is 2.51. The lowest BCUT2D eigenvalue weighted by Crippen LogP contribution is -2.09. The van der Waals surface area contributed by atoms with E-state index in [0.717, 1.165) is 16.5 Å². The van der Waals surface area contributed by atoms with Gasteiger partial charge in [0, 0.05) is 17.5 Å². The molecule has 0 radical (unpaired) electrons. The summed E-state index contributed by atoms with van der Waals surface area (Å²) in [6.45, 7) is 2.02. The van der Waals surface area contributed by atoms with Gasteiger partial charge in [-0.3, -0.25) is 4.79 Å². The van der Waals surface area contributed by atoms with Crippen molar-refractivity contribution >= 4 is 28.6 Å². The Bertz CT molecular complexity index is 940. The molecule has 25 heavy (non-hydrogen) atoms. The zero-order valence-electron chi connectivity index (χ0n) is 14.3. The van der Waals surface area contributed by atoms with E-state index in [1.165, 1.54) is 6.08 Å². The van der Waals surface area contributed by atoms with Crippen LogP contribution in [0.4, 0.5) is 5.69 Å². The number of hydrogen-bond donors (Lipinski definition) is 1. The number of carbonyl (C=O) groups excluding carboxylic acids is 1. The van der Waals surface area contributed by atoms with Crippen molar-refractivity contribution in [2.75, 3.05) is 19.5 Å². The van der Waals surface area contributed by atoms with Crippen molar-refractivity contribution in [3.8, 4) is 11.5 Å². The lowest BCUT2D eigenvalue weighted by molar-refractivity contribution is -0.111. The zero-order chi connectivity index (χ0) is 17.8. The Hall–Kier alpha value is -3.21. The maximum absolute atomic E-state index is 12.2. The fraction of sp³-hybridized carbons (Fsp3) is 0.150. The number of methoxy groups -OCH3 is 2. The molecule has 0 spiro atoms. The van der Waals surface area contributed by atoms with Crippen molar-refractivity contribution in [2.24, 2.45) is 0 Å². The van der Waals surface area contributed by atoms with Crippen LogP contribution in [0.2, 0.25) is 0 Å². The van der Waals surface area contributed by atoms with Gasteiger partial charge in [0.2, 0.25) is 5.91 Å². The molecule has 0 aliphatic rings. The van der Waals surface area contributed by atoms with E-state index in [9.17, 15) is 4.79 Å². The number of benzene rings is 2. The number of amides is 1. The van der Waals surface area contributed by atoms with Crippen LogP contribution < -0.4 is 14.8 Å². The van der Waals surface area contributed by atoms with Gasteiger partial charge in [-0.25, -0.2) is 0 Å². The first-order valence-corrected chi connectivity index (χ1v) is 7.80. The maximum Gasteiger partial charge on any atom is 0.248 e. The van der Waals surface area contributed by atoms with Gasteiger partial charge in [0.15, 0.2) is 0 Å². The summed E-state index contributed by atoms with van der Waals surface area (Å²) in [6, 6.07) is 13.1. The zero-order valence-corrected chi connectivity index (χ0v) is 14.3. The van der Waals surface area contributed by atoms with Crippen LogP contribution in [0.1, 0.15) is 11.3 Å². The van der Waals surface area contributed by atoms with Gasteiger partial charge in [-0.05, 0) is 43.3 Å². The minimum absolute atomic E-state index is 0.289. The number of anilines is 1. The van der Waals surface area contributed by atoms with E-state index in [2.05, 4.69) is 5.32 Å². The van der Waals surface area contributed by atoms with Crippen LogP contribution in [-0.4, -0.2) is 20.1 Å². The van der Waals surface area contributed by atoms with Gasteiger partial charge in [-0.2, -0.15) is 0 Å². The molecule has 1 amide bonds. The van der Waals surface area contributed by atoms with E-state index in [1.54, 1.807) is 38.5 Å². The molecule has 0 saturated heterocycles. The van der Waals surface area contributed by atoms with Gasteiger partial charge in [0.25, 0.3) is 0 Å². The van der Waals surface area contributed by atoms with E-state index in [1.807, 2.05) is 31.2 Å². The highest BCUT2D eigenvalue weighted by Gasteiger charge is 2.08. The molecule has 5 heteroatoms. The molecule has 1 heterocycles. The predicted octanol–water partition coefficient (Wildman–Crippen LogP) is 4.41. The molecule has 1 N–H and O–H groups in total. The third-order valence-electron chi connectivity index (χ3n) is 3.75. The first-order chi connectivity index (χ1) is 12.1. The molecule has 0 unspecified atom stereocenters. The van der Waals surface area contributed by atoms with Crippen LogP contribution in [0.15, 0.2) is 53.0 Å². The molecule has 5 nitrogen and oxygen atoms in total. The first-order valence-electron chi connectivity index (χ1n) is 7.80. The SMILES string of the molecule is COc1ccc(OC)c(NC(=O)C=Cc2cc3cc(C)ccc3o2)c1. The molecule has 0 saturated carbocycles. The summed E-state index contributed by atoms with van der Waals surface area (Å²) in [5.74, 6) is 1.52. The van der Waals surface area contributed by atoms with Crippen LogP contribution in [-0.2, 0) is 4.79 Å². The van der Waals surface area contributed by atoms with Crippen molar-refractivity contribution in [1.29, 1.82) is 0 Å². The number of carbonyl (C=O) groups is 1. The van der Waals surface area contributed by atoms with E-state index in [4.69, 9.17) is 13.9 Å². The summed E-state index contributed by atoms with van der Waals surface area (Å²) in [6.07, 6.45) is 3.06. The van der Waals surface area contributed by atoms with Gasteiger partial charge < -0.3 is 19.2 Å². The maximum atomic E-state index is 12.2. The van der Waals surface area contributed by atoms with E-state index < -0.39 is 0 Å². The number of aryl methyl sites for hydroxylation is 1. The molecule has 128 valence electrons. The largest absolute Gasteiger partial charge is 0.497 e. The second-order valence-corrected chi connectivity index (χ2v) is 5.58. The summed E-state index contributed by atoms with van der Waals surface area (Å²) in [4.78, 5) is 12.2. The number of furan rings is 1. The van der Waals surface area contributed by atoms with Crippen LogP contribution in [0.25, 0.3) is 17.0 Å². The summed E-state index contributed by atoms with van der Waals surface area (Å²) in [5, 5.41) is 3.79. The van der Waals surface area contributed by atoms with Gasteiger partial charge in [0.1, 0.15) is 22.8 Å². The predicted molar refractivity (Wildman–Crippen MR) is 98.2 cm³/mol. The number of fused-ring (bicyclic) bond motifs is 1. The van der Waals surface area contributed by atoms with Crippen LogP contribution in [0.5, 0.6) is 11.5 Å². The Morgan fingerprint density at radius 1 is 1.08 bits per heavy atom. The van der Waals surface area contributed by atoms with Crippen molar-refractivity contribution in [1.82, 2.24) is 0 Å². The Morgan fingerprint density at radius 3 is 2.68 bits per heavy atom. The molecule has 3 rings (SSSR count). The molecular weight excluding hydrogens is 318 g/mol. The highest BCUT2D eigenvalue weighted by atomic mass is 16.5. The Labute approximate surface area is 145 Å². The van der Waals surface area contributed by atoms with Gasteiger partial charge >= 0.3 is 0 Å². The van der Waals surface area contributed by atoms with Crippen LogP contribution in [0.3, 0.4) is 0 Å². The lowest BCUT2D eigenvalue weighted by Gasteiger charge is -2.10. The Kier molecular flexibility index (Phi) is 4.75. The Balaban J connectivity index is 1.76. The summed E-state index contributed by atoms with van der Waals surface area (Å²) < 4.78 is 16.1. The number of nitrogens with one attached hydrogen (secondary N) is 1. The quantitative estimate of drug-likeness (QED) is 0.701. The number of hydrogen-bond acceptors (Lipinski definition) is 4. The summed E-state index contributed by atoms with van der Waals surface area (Å²) in [7, 11) is 3.11. The fourth-order valence-corrected chi connectivity index (χ4v) is 2.51. The third kappa shape index (κ3) is 3.83. The Morgan fingerprint density at radius 2 is 1.92 bits per heavy atom. The smallest absolute Gasteiger partial charge is 0.248 e. The average molecular weight is 337 g/mol. The minimum atomic E-state index is -0.289. The summed E-state index contributed by atoms with van der Waals surface area (Å²) >= 11 is 0. The van der Waals surface area contributed by atoms with Crippen molar-refractivity contribution in [2.45, 2.75) is 6.92 Å². The summed E-state index contributed by atoms with van der Waals surface area (Å²) in [5.41, 5.74) is 2.49. The first kappa shape index (κ1) is 16.6. The molecule has 0 bridgehead atoms. The van der Waals surface area contributed by atoms with Gasteiger partial charge in [-0.15, -0.1) is 0 Å². The van der Waals surface area contributed by atoms with Gasteiger partial charge in [0.05, 0.1) is 19.9 Å². The van der Waals surface area contributed by atoms with Crippen molar-refractivity contribution < 1.29 is 18.7 Å². The molecule has 1 aromatic heterocycles. The van der Waals surface area contributed by atoms with Crippen LogP contribution >= 0.6 is 0 Å². The average Bonchev–Trinajstić information content (AvgIpc) is 3.02. The highest BCUT2D eigenvalue weighted by molar-refractivity contribution is 6.03. The van der Waals surface area contributed by atoms with Crippen molar-refractivity contribution in [3.63, 3.8) is 0 Å². The van der Waals surface area contributed by atoms with E-state index in [-0.39, 0.29) is 5.91 Å². The molecule has 0 aliphatic carbocycles. The minimum Gasteiger partial charge on any atom is -0.497 e. The van der Waals surface area contributed by atoms with Crippen molar-refractivity contribution in [3.05, 3.63) is 59.9 Å². The molecule has 3 aromatic rings. The van der Waals surface area contributed by atoms with Gasteiger partial charge in [-0.1, -0.05) is 11.6 Å².